The molecule has 2 nitrogen and oxygen atoms in total. The van der Waals surface area contributed by atoms with Crippen molar-refractivity contribution in [2.45, 2.75) is 31.8 Å². The highest BCUT2D eigenvalue weighted by Gasteiger charge is 2.36. The molecule has 1 aliphatic rings. The van der Waals surface area contributed by atoms with E-state index in [1.54, 1.807) is 7.11 Å². The Morgan fingerprint density at radius 3 is 2.60 bits per heavy atom. The third kappa shape index (κ3) is 2.20. The zero-order valence-corrected chi connectivity index (χ0v) is 12.0. The van der Waals surface area contributed by atoms with E-state index in [9.17, 15) is 5.11 Å². The number of benzene rings is 2. The zero-order chi connectivity index (χ0) is 14.2. The van der Waals surface area contributed by atoms with E-state index >= 15 is 0 Å². The first-order valence-electron chi connectivity index (χ1n) is 7.07. The van der Waals surface area contributed by atoms with Crippen LogP contribution in [0.2, 0.25) is 0 Å². The number of hydrogen-bond acceptors (Lipinski definition) is 2. The van der Waals surface area contributed by atoms with E-state index in [0.29, 0.717) is 6.42 Å². The van der Waals surface area contributed by atoms with Gasteiger partial charge in [0.1, 0.15) is 5.75 Å². The molecule has 1 N–H and O–H groups in total. The average molecular weight is 268 g/mol. The summed E-state index contributed by atoms with van der Waals surface area (Å²) in [6.07, 6.45) is 2.30. The minimum absolute atomic E-state index is 0.656. The first kappa shape index (κ1) is 13.2. The summed E-state index contributed by atoms with van der Waals surface area (Å²) < 4.78 is 5.45. The fourth-order valence-corrected chi connectivity index (χ4v) is 3.13. The van der Waals surface area contributed by atoms with E-state index in [1.807, 2.05) is 31.2 Å². The van der Waals surface area contributed by atoms with Crippen molar-refractivity contribution in [1.29, 1.82) is 0 Å². The van der Waals surface area contributed by atoms with Crippen molar-refractivity contribution in [2.75, 3.05) is 7.11 Å². The second kappa shape index (κ2) is 4.95. The summed E-state index contributed by atoms with van der Waals surface area (Å²) in [7, 11) is 1.66. The second-order valence-electron chi connectivity index (χ2n) is 5.68. The molecule has 0 bridgehead atoms. The zero-order valence-electron chi connectivity index (χ0n) is 12.0. The van der Waals surface area contributed by atoms with Crippen molar-refractivity contribution in [3.8, 4) is 5.75 Å². The molecule has 1 unspecified atom stereocenters. The first-order chi connectivity index (χ1) is 9.62. The summed E-state index contributed by atoms with van der Waals surface area (Å²) in [6.45, 7) is 2.04. The van der Waals surface area contributed by atoms with E-state index < -0.39 is 5.60 Å². The Hall–Kier alpha value is -1.80. The highest BCUT2D eigenvalue weighted by atomic mass is 16.5. The van der Waals surface area contributed by atoms with Gasteiger partial charge in [-0.3, -0.25) is 0 Å². The molecule has 2 aromatic carbocycles. The third-order valence-electron chi connectivity index (χ3n) is 4.27. The maximum absolute atomic E-state index is 11.1. The van der Waals surface area contributed by atoms with Crippen molar-refractivity contribution < 1.29 is 9.84 Å². The molecule has 0 heterocycles. The van der Waals surface area contributed by atoms with Crippen molar-refractivity contribution in [1.82, 2.24) is 0 Å². The van der Waals surface area contributed by atoms with E-state index in [-0.39, 0.29) is 0 Å². The molecular weight excluding hydrogens is 248 g/mol. The molecule has 0 aliphatic heterocycles. The van der Waals surface area contributed by atoms with Crippen molar-refractivity contribution in [3.05, 3.63) is 64.7 Å². The SMILES string of the molecule is COc1ccc(C)cc1C1(O)CCc2ccccc2C1. The number of fused-ring (bicyclic) bond motifs is 1. The van der Waals surface area contributed by atoms with Crippen LogP contribution >= 0.6 is 0 Å². The van der Waals surface area contributed by atoms with Gasteiger partial charge in [0.2, 0.25) is 0 Å². The highest BCUT2D eigenvalue weighted by Crippen LogP contribution is 2.40. The molecule has 104 valence electrons. The molecule has 0 radical (unpaired) electrons. The van der Waals surface area contributed by atoms with Crippen LogP contribution in [0.3, 0.4) is 0 Å². The van der Waals surface area contributed by atoms with Gasteiger partial charge in [-0.1, -0.05) is 35.9 Å². The van der Waals surface area contributed by atoms with Crippen LogP contribution in [0.5, 0.6) is 5.75 Å². The summed E-state index contributed by atoms with van der Waals surface area (Å²) in [5.74, 6) is 0.775. The Labute approximate surface area is 120 Å². The van der Waals surface area contributed by atoms with Gasteiger partial charge >= 0.3 is 0 Å². The predicted octanol–water partition coefficient (Wildman–Crippen LogP) is 3.38. The lowest BCUT2D eigenvalue weighted by Crippen LogP contribution is -2.33. The fourth-order valence-electron chi connectivity index (χ4n) is 3.13. The molecule has 0 saturated carbocycles. The quantitative estimate of drug-likeness (QED) is 0.904. The van der Waals surface area contributed by atoms with Gasteiger partial charge in [0.25, 0.3) is 0 Å². The van der Waals surface area contributed by atoms with Gasteiger partial charge < -0.3 is 9.84 Å². The molecule has 0 aromatic heterocycles. The second-order valence-corrected chi connectivity index (χ2v) is 5.68. The normalized spacial score (nSPS) is 21.4. The van der Waals surface area contributed by atoms with Gasteiger partial charge in [-0.2, -0.15) is 0 Å². The highest BCUT2D eigenvalue weighted by molar-refractivity contribution is 5.44. The number of aliphatic hydroxyl groups is 1. The third-order valence-corrected chi connectivity index (χ3v) is 4.27. The van der Waals surface area contributed by atoms with E-state index in [2.05, 4.69) is 18.2 Å². The lowest BCUT2D eigenvalue weighted by Gasteiger charge is -2.35. The summed E-state index contributed by atoms with van der Waals surface area (Å²) in [5, 5.41) is 11.1. The van der Waals surface area contributed by atoms with Crippen LogP contribution in [0.25, 0.3) is 0 Å². The molecule has 2 heteroatoms. The molecule has 0 fully saturated rings. The van der Waals surface area contributed by atoms with Crippen molar-refractivity contribution in [2.24, 2.45) is 0 Å². The minimum Gasteiger partial charge on any atom is -0.496 e. The van der Waals surface area contributed by atoms with Crippen LogP contribution in [0.4, 0.5) is 0 Å². The van der Waals surface area contributed by atoms with E-state index in [4.69, 9.17) is 4.74 Å². The predicted molar refractivity (Wildman–Crippen MR) is 80.1 cm³/mol. The van der Waals surface area contributed by atoms with Gasteiger partial charge in [0, 0.05) is 12.0 Å². The van der Waals surface area contributed by atoms with Gasteiger partial charge in [-0.25, -0.2) is 0 Å². The molecule has 20 heavy (non-hydrogen) atoms. The summed E-state index contributed by atoms with van der Waals surface area (Å²) in [4.78, 5) is 0. The number of rotatable bonds is 2. The molecule has 3 rings (SSSR count). The summed E-state index contributed by atoms with van der Waals surface area (Å²) >= 11 is 0. The lowest BCUT2D eigenvalue weighted by atomic mass is 9.76. The van der Waals surface area contributed by atoms with Crippen LogP contribution in [-0.4, -0.2) is 12.2 Å². The van der Waals surface area contributed by atoms with Gasteiger partial charge in [0.05, 0.1) is 12.7 Å². The maximum atomic E-state index is 11.1. The monoisotopic (exact) mass is 268 g/mol. The number of aryl methyl sites for hydroxylation is 2. The van der Waals surface area contributed by atoms with Gasteiger partial charge in [-0.05, 0) is 43.0 Å². The topological polar surface area (TPSA) is 29.5 Å². The average Bonchev–Trinajstić information content (AvgIpc) is 2.47. The Morgan fingerprint density at radius 2 is 1.85 bits per heavy atom. The van der Waals surface area contributed by atoms with Crippen LogP contribution in [0, 0.1) is 6.92 Å². The Morgan fingerprint density at radius 1 is 1.10 bits per heavy atom. The van der Waals surface area contributed by atoms with Crippen LogP contribution in [-0.2, 0) is 18.4 Å². The smallest absolute Gasteiger partial charge is 0.124 e. The van der Waals surface area contributed by atoms with Gasteiger partial charge in [-0.15, -0.1) is 0 Å². The fraction of sp³-hybridized carbons (Fsp3) is 0.333. The molecule has 1 aliphatic carbocycles. The van der Waals surface area contributed by atoms with Gasteiger partial charge in [0.15, 0.2) is 0 Å². The molecule has 0 spiro atoms. The summed E-state index contributed by atoms with van der Waals surface area (Å²) in [5.41, 5.74) is 3.82. The van der Waals surface area contributed by atoms with Crippen LogP contribution < -0.4 is 4.74 Å². The van der Waals surface area contributed by atoms with Crippen LogP contribution in [0.1, 0.15) is 28.7 Å². The number of hydrogen-bond donors (Lipinski definition) is 1. The molecule has 2 aromatic rings. The number of methoxy groups -OCH3 is 1. The first-order valence-corrected chi connectivity index (χ1v) is 7.07. The largest absolute Gasteiger partial charge is 0.496 e. The number of ether oxygens (including phenoxy) is 1. The molecule has 0 saturated heterocycles. The summed E-state index contributed by atoms with van der Waals surface area (Å²) in [6, 6.07) is 14.4. The Kier molecular flexibility index (Phi) is 3.27. The molecule has 1 atom stereocenters. The van der Waals surface area contributed by atoms with Crippen molar-refractivity contribution in [3.63, 3.8) is 0 Å². The van der Waals surface area contributed by atoms with E-state index in [1.165, 1.54) is 11.1 Å². The Bertz CT molecular complexity index is 633. The van der Waals surface area contributed by atoms with Crippen molar-refractivity contribution >= 4 is 0 Å². The Balaban J connectivity index is 2.04. The van der Waals surface area contributed by atoms with Crippen LogP contribution in [0.15, 0.2) is 42.5 Å². The lowest BCUT2D eigenvalue weighted by molar-refractivity contribution is 0.0200. The molecular formula is C18H20O2. The minimum atomic E-state index is -0.828. The maximum Gasteiger partial charge on any atom is 0.124 e. The standard InChI is InChI=1S/C18H20O2/c1-13-7-8-17(20-2)16(11-13)18(19)10-9-14-5-3-4-6-15(14)12-18/h3-8,11,19H,9-10,12H2,1-2H3. The molecule has 0 amide bonds. The van der Waals surface area contributed by atoms with E-state index in [0.717, 1.165) is 29.7 Å².